The van der Waals surface area contributed by atoms with E-state index in [1.165, 1.54) is 6.42 Å². The van der Waals surface area contributed by atoms with Gasteiger partial charge in [0.1, 0.15) is 0 Å². The smallest absolute Gasteiger partial charge is 0.228 e. The molecule has 0 spiro atoms. The Labute approximate surface area is 120 Å². The first-order chi connectivity index (χ1) is 9.50. The zero-order valence-corrected chi connectivity index (χ0v) is 12.9. The number of aromatic nitrogens is 2. The highest BCUT2D eigenvalue weighted by atomic mass is 16.5. The third-order valence-electron chi connectivity index (χ3n) is 3.47. The monoisotopic (exact) mass is 279 g/mol. The second-order valence-electron chi connectivity index (χ2n) is 6.06. The fourth-order valence-corrected chi connectivity index (χ4v) is 2.42. The summed E-state index contributed by atoms with van der Waals surface area (Å²) < 4.78 is 5.10. The lowest BCUT2D eigenvalue weighted by Gasteiger charge is -2.23. The van der Waals surface area contributed by atoms with Crippen molar-refractivity contribution in [2.75, 3.05) is 26.2 Å². The summed E-state index contributed by atoms with van der Waals surface area (Å²) in [6.45, 7) is 12.2. The molecule has 0 radical (unpaired) electrons. The summed E-state index contributed by atoms with van der Waals surface area (Å²) in [5.41, 5.74) is 0.375. The van der Waals surface area contributed by atoms with Crippen LogP contribution < -0.4 is 5.32 Å². The molecular weight excluding hydrogens is 254 g/mol. The molecular formula is C14H25N5O. The Morgan fingerprint density at radius 1 is 1.50 bits per heavy atom. The highest BCUT2D eigenvalue weighted by molar-refractivity contribution is 5.80. The molecule has 0 saturated carbocycles. The van der Waals surface area contributed by atoms with E-state index in [0.29, 0.717) is 30.1 Å². The van der Waals surface area contributed by atoms with Gasteiger partial charge in [0.15, 0.2) is 11.8 Å². The molecule has 112 valence electrons. The molecule has 1 saturated heterocycles. The lowest BCUT2D eigenvalue weighted by molar-refractivity contribution is 0.368. The van der Waals surface area contributed by atoms with Crippen LogP contribution in [0.15, 0.2) is 9.52 Å². The van der Waals surface area contributed by atoms with E-state index in [0.717, 1.165) is 25.6 Å². The van der Waals surface area contributed by atoms with Crippen molar-refractivity contribution >= 4 is 5.96 Å². The third-order valence-corrected chi connectivity index (χ3v) is 3.47. The maximum absolute atomic E-state index is 5.10. The van der Waals surface area contributed by atoms with Crippen LogP contribution in [0.1, 0.15) is 38.9 Å². The van der Waals surface area contributed by atoms with Crippen molar-refractivity contribution in [3.8, 4) is 0 Å². The minimum Gasteiger partial charge on any atom is -0.357 e. The Morgan fingerprint density at radius 2 is 2.30 bits per heavy atom. The molecule has 1 N–H and O–H groups in total. The number of aliphatic imine (C=N–C) groups is 1. The largest absolute Gasteiger partial charge is 0.357 e. The van der Waals surface area contributed by atoms with Crippen molar-refractivity contribution in [3.63, 3.8) is 0 Å². The lowest BCUT2D eigenvalue weighted by atomic mass is 9.93. The average molecular weight is 279 g/mol. The Kier molecular flexibility index (Phi) is 4.62. The Morgan fingerprint density at radius 3 is 2.85 bits per heavy atom. The van der Waals surface area contributed by atoms with Crippen molar-refractivity contribution in [2.24, 2.45) is 10.4 Å². The molecule has 0 bridgehead atoms. The number of guanidine groups is 1. The van der Waals surface area contributed by atoms with Crippen LogP contribution >= 0.6 is 0 Å². The first-order valence-electron chi connectivity index (χ1n) is 7.32. The van der Waals surface area contributed by atoms with Gasteiger partial charge in [-0.05, 0) is 25.7 Å². The second-order valence-corrected chi connectivity index (χ2v) is 6.06. The predicted molar refractivity (Wildman–Crippen MR) is 78.7 cm³/mol. The van der Waals surface area contributed by atoms with Crippen molar-refractivity contribution in [1.82, 2.24) is 20.4 Å². The lowest BCUT2D eigenvalue weighted by Crippen LogP contribution is -2.40. The number of likely N-dealkylation sites (tertiary alicyclic amines) is 1. The van der Waals surface area contributed by atoms with Gasteiger partial charge < -0.3 is 14.7 Å². The molecule has 1 aliphatic heterocycles. The average Bonchev–Trinajstić information content (AvgIpc) is 2.94. The number of rotatable bonds is 4. The molecule has 1 fully saturated rings. The fraction of sp³-hybridized carbons (Fsp3) is 0.786. The minimum atomic E-state index is 0.375. The van der Waals surface area contributed by atoms with Crippen molar-refractivity contribution < 1.29 is 4.52 Å². The van der Waals surface area contributed by atoms with Gasteiger partial charge in [0.2, 0.25) is 5.89 Å². The highest BCUT2D eigenvalue weighted by Crippen LogP contribution is 2.28. The van der Waals surface area contributed by atoms with E-state index in [1.54, 1.807) is 0 Å². The van der Waals surface area contributed by atoms with E-state index in [9.17, 15) is 0 Å². The first-order valence-corrected chi connectivity index (χ1v) is 7.32. The number of aryl methyl sites for hydroxylation is 1. The molecule has 0 unspecified atom stereocenters. The summed E-state index contributed by atoms with van der Waals surface area (Å²) in [7, 11) is 0. The number of hydrogen-bond acceptors (Lipinski definition) is 4. The van der Waals surface area contributed by atoms with E-state index >= 15 is 0 Å². The van der Waals surface area contributed by atoms with Gasteiger partial charge in [-0.25, -0.2) is 0 Å². The molecule has 2 heterocycles. The molecule has 1 aromatic heterocycles. The normalized spacial score (nSPS) is 18.6. The topological polar surface area (TPSA) is 66.5 Å². The van der Waals surface area contributed by atoms with Crippen molar-refractivity contribution in [3.05, 3.63) is 11.7 Å². The zero-order chi connectivity index (χ0) is 14.6. The van der Waals surface area contributed by atoms with Gasteiger partial charge in [-0.15, -0.1) is 0 Å². The van der Waals surface area contributed by atoms with Crippen LogP contribution in [0, 0.1) is 12.3 Å². The summed E-state index contributed by atoms with van der Waals surface area (Å²) in [5, 5.41) is 7.15. The van der Waals surface area contributed by atoms with Crippen LogP contribution in [0.5, 0.6) is 0 Å². The molecule has 0 amide bonds. The SMILES string of the molecule is CCNC(=NCCc1nc(C)no1)N1CCC(C)(C)C1. The van der Waals surface area contributed by atoms with Gasteiger partial charge in [0, 0.05) is 26.1 Å². The van der Waals surface area contributed by atoms with Gasteiger partial charge in [0.25, 0.3) is 0 Å². The third kappa shape index (κ3) is 3.95. The van der Waals surface area contributed by atoms with E-state index < -0.39 is 0 Å². The van der Waals surface area contributed by atoms with Crippen molar-refractivity contribution in [1.29, 1.82) is 0 Å². The molecule has 6 nitrogen and oxygen atoms in total. The van der Waals surface area contributed by atoms with Gasteiger partial charge >= 0.3 is 0 Å². The van der Waals surface area contributed by atoms with Gasteiger partial charge in [-0.2, -0.15) is 4.98 Å². The molecule has 0 atom stereocenters. The summed E-state index contributed by atoms with van der Waals surface area (Å²) in [6, 6.07) is 0. The van der Waals surface area contributed by atoms with Crippen LogP contribution in [-0.2, 0) is 6.42 Å². The molecule has 0 aliphatic carbocycles. The molecule has 1 aliphatic rings. The summed E-state index contributed by atoms with van der Waals surface area (Å²) >= 11 is 0. The van der Waals surface area contributed by atoms with Gasteiger partial charge in [0.05, 0.1) is 6.54 Å². The standard InChI is InChI=1S/C14H25N5O/c1-5-15-13(19-9-7-14(3,4)10-19)16-8-6-12-17-11(2)18-20-12/h5-10H2,1-4H3,(H,15,16). The summed E-state index contributed by atoms with van der Waals surface area (Å²) in [5.74, 6) is 2.33. The molecule has 2 rings (SSSR count). The van der Waals surface area contributed by atoms with Crippen LogP contribution in [0.3, 0.4) is 0 Å². The molecule has 0 aromatic carbocycles. The Balaban J connectivity index is 1.92. The van der Waals surface area contributed by atoms with Gasteiger partial charge in [-0.1, -0.05) is 19.0 Å². The maximum Gasteiger partial charge on any atom is 0.228 e. The van der Waals surface area contributed by atoms with E-state index in [1.807, 2.05) is 6.92 Å². The molecule has 1 aromatic rings. The Hall–Kier alpha value is -1.59. The Bertz CT molecular complexity index is 466. The summed E-state index contributed by atoms with van der Waals surface area (Å²) in [4.78, 5) is 11.2. The van der Waals surface area contributed by atoms with E-state index in [4.69, 9.17) is 4.52 Å². The van der Waals surface area contributed by atoms with Crippen molar-refractivity contribution in [2.45, 2.75) is 40.5 Å². The first kappa shape index (κ1) is 14.8. The van der Waals surface area contributed by atoms with Crippen LogP contribution in [0.4, 0.5) is 0 Å². The van der Waals surface area contributed by atoms with Crippen LogP contribution in [-0.4, -0.2) is 47.2 Å². The van der Waals surface area contributed by atoms with E-state index in [2.05, 4.69) is 46.1 Å². The highest BCUT2D eigenvalue weighted by Gasteiger charge is 2.30. The van der Waals surface area contributed by atoms with E-state index in [-0.39, 0.29) is 0 Å². The quantitative estimate of drug-likeness (QED) is 0.670. The number of nitrogens with one attached hydrogen (secondary N) is 1. The fourth-order valence-electron chi connectivity index (χ4n) is 2.42. The second kappa shape index (κ2) is 6.24. The minimum absolute atomic E-state index is 0.375. The summed E-state index contributed by atoms with van der Waals surface area (Å²) in [6.07, 6.45) is 1.90. The number of hydrogen-bond donors (Lipinski definition) is 1. The van der Waals surface area contributed by atoms with Crippen LogP contribution in [0.2, 0.25) is 0 Å². The molecule has 6 heteroatoms. The zero-order valence-electron chi connectivity index (χ0n) is 12.9. The number of nitrogens with zero attached hydrogens (tertiary/aromatic N) is 4. The maximum atomic E-state index is 5.10. The van der Waals surface area contributed by atoms with Gasteiger partial charge in [-0.3, -0.25) is 4.99 Å². The molecule has 20 heavy (non-hydrogen) atoms. The predicted octanol–water partition coefficient (Wildman–Crippen LogP) is 1.62. The van der Waals surface area contributed by atoms with Crippen LogP contribution in [0.25, 0.3) is 0 Å².